The van der Waals surface area contributed by atoms with Gasteiger partial charge in [0, 0.05) is 39.5 Å². The molecule has 0 N–H and O–H groups in total. The molecule has 2 heterocycles. The molecule has 6 nitrogen and oxygen atoms in total. The highest BCUT2D eigenvalue weighted by molar-refractivity contribution is 6.01. The zero-order valence-electron chi connectivity index (χ0n) is 20.2. The number of carbonyl (C=O) groups excluding carboxylic acids is 2. The van der Waals surface area contributed by atoms with Gasteiger partial charge in [-0.25, -0.2) is 0 Å². The Hall–Kier alpha value is -2.86. The fourth-order valence-electron chi connectivity index (χ4n) is 4.92. The van der Waals surface area contributed by atoms with Gasteiger partial charge < -0.3 is 14.5 Å². The number of hydrogen-bond acceptors (Lipinski definition) is 4. The van der Waals surface area contributed by atoms with Gasteiger partial charge in [0.25, 0.3) is 0 Å². The number of amides is 2. The average Bonchev–Trinajstić information content (AvgIpc) is 3.45. The van der Waals surface area contributed by atoms with Gasteiger partial charge in [-0.15, -0.1) is 0 Å². The van der Waals surface area contributed by atoms with Gasteiger partial charge in [0.15, 0.2) is 0 Å². The van der Waals surface area contributed by atoms with Crippen molar-refractivity contribution in [3.8, 4) is 5.75 Å². The van der Waals surface area contributed by atoms with Crippen molar-refractivity contribution in [1.29, 1.82) is 0 Å². The minimum atomic E-state index is -0.423. The second kappa shape index (κ2) is 9.96. The molecule has 0 saturated carbocycles. The third kappa shape index (κ3) is 5.06. The summed E-state index contributed by atoms with van der Waals surface area (Å²) in [6.45, 7) is 5.56. The third-order valence-corrected chi connectivity index (χ3v) is 7.06. The van der Waals surface area contributed by atoms with Crippen LogP contribution in [0.15, 0.2) is 30.3 Å². The Morgan fingerprint density at radius 3 is 2.64 bits per heavy atom. The van der Waals surface area contributed by atoms with Gasteiger partial charge in [0.05, 0.1) is 12.8 Å². The van der Waals surface area contributed by atoms with Crippen LogP contribution in [-0.4, -0.2) is 62.0 Å². The largest absolute Gasteiger partial charge is 0.497 e. The van der Waals surface area contributed by atoms with Crippen molar-refractivity contribution in [2.75, 3.05) is 39.2 Å². The number of ether oxygens (including phenoxy) is 1. The molecule has 2 aromatic rings. The number of likely N-dealkylation sites (N-methyl/N-ethyl adjacent to an activating group) is 2. The predicted octanol–water partition coefficient (Wildman–Crippen LogP) is 3.57. The smallest absolute Gasteiger partial charge is 0.249 e. The van der Waals surface area contributed by atoms with E-state index in [0.29, 0.717) is 25.0 Å². The monoisotopic (exact) mass is 448 g/mol. The molecule has 6 heteroatoms. The summed E-state index contributed by atoms with van der Waals surface area (Å²) in [5, 5.41) is 0. The highest BCUT2D eigenvalue weighted by Crippen LogP contribution is 2.30. The van der Waals surface area contributed by atoms with Crippen LogP contribution in [0, 0.1) is 13.0 Å². The first-order valence-corrected chi connectivity index (χ1v) is 11.8. The predicted molar refractivity (Wildman–Crippen MR) is 130 cm³/mol. The molecule has 1 atom stereocenters. The molecule has 2 aromatic carbocycles. The van der Waals surface area contributed by atoms with E-state index in [4.69, 9.17) is 4.74 Å². The van der Waals surface area contributed by atoms with Crippen LogP contribution < -0.4 is 9.64 Å². The number of anilines is 1. The summed E-state index contributed by atoms with van der Waals surface area (Å²) in [7, 11) is 5.09. The van der Waals surface area contributed by atoms with Gasteiger partial charge in [-0.1, -0.05) is 18.2 Å². The van der Waals surface area contributed by atoms with Crippen LogP contribution in [0.3, 0.4) is 0 Å². The van der Waals surface area contributed by atoms with E-state index in [1.807, 2.05) is 12.1 Å². The fraction of sp³-hybridized carbons (Fsp3) is 0.481. The average molecular weight is 449 g/mol. The van der Waals surface area contributed by atoms with Gasteiger partial charge in [-0.2, -0.15) is 0 Å². The van der Waals surface area contributed by atoms with Crippen LogP contribution in [0.25, 0.3) is 0 Å². The normalized spacial score (nSPS) is 18.7. The SMILES string of the molecule is COc1c[c]c(Cc2ccc(CN3CCCC3)c(C)c2)c(N(C)C(=O)C2CCC(=O)N2C)c1. The first-order valence-electron chi connectivity index (χ1n) is 11.8. The summed E-state index contributed by atoms with van der Waals surface area (Å²) in [4.78, 5) is 30.9. The lowest BCUT2D eigenvalue weighted by Gasteiger charge is -2.27. The van der Waals surface area contributed by atoms with Gasteiger partial charge >= 0.3 is 0 Å². The van der Waals surface area contributed by atoms with E-state index in [0.717, 1.165) is 17.8 Å². The number of hydrogen-bond donors (Lipinski definition) is 0. The van der Waals surface area contributed by atoms with Crippen LogP contribution in [0.1, 0.15) is 47.9 Å². The van der Waals surface area contributed by atoms with E-state index in [9.17, 15) is 9.59 Å². The van der Waals surface area contributed by atoms with Crippen molar-refractivity contribution in [3.63, 3.8) is 0 Å². The van der Waals surface area contributed by atoms with E-state index < -0.39 is 6.04 Å². The molecule has 4 rings (SSSR count). The second-order valence-electron chi connectivity index (χ2n) is 9.28. The van der Waals surface area contributed by atoms with E-state index in [-0.39, 0.29) is 11.8 Å². The molecule has 2 aliphatic rings. The van der Waals surface area contributed by atoms with Gasteiger partial charge in [-0.3, -0.25) is 14.5 Å². The second-order valence-corrected chi connectivity index (χ2v) is 9.28. The van der Waals surface area contributed by atoms with Crippen molar-refractivity contribution in [2.24, 2.45) is 0 Å². The Labute approximate surface area is 197 Å². The van der Waals surface area contributed by atoms with Crippen LogP contribution in [-0.2, 0) is 22.6 Å². The number of carbonyl (C=O) groups is 2. The highest BCUT2D eigenvalue weighted by Gasteiger charge is 2.35. The topological polar surface area (TPSA) is 53.1 Å². The number of methoxy groups -OCH3 is 1. The fourth-order valence-corrected chi connectivity index (χ4v) is 4.92. The van der Waals surface area contributed by atoms with Crippen molar-refractivity contribution < 1.29 is 14.3 Å². The maximum absolute atomic E-state index is 13.2. The van der Waals surface area contributed by atoms with Crippen molar-refractivity contribution in [1.82, 2.24) is 9.80 Å². The maximum atomic E-state index is 13.2. The molecule has 0 aromatic heterocycles. The quantitative estimate of drug-likeness (QED) is 0.650. The molecular formula is C27H34N3O3. The molecule has 0 aliphatic carbocycles. The Bertz CT molecular complexity index is 1030. The zero-order valence-corrected chi connectivity index (χ0v) is 20.2. The summed E-state index contributed by atoms with van der Waals surface area (Å²) in [6.07, 6.45) is 4.23. The van der Waals surface area contributed by atoms with Crippen LogP contribution in [0.5, 0.6) is 5.75 Å². The molecular weight excluding hydrogens is 414 g/mol. The lowest BCUT2D eigenvalue weighted by Crippen LogP contribution is -2.44. The van der Waals surface area contributed by atoms with E-state index in [1.165, 1.54) is 42.6 Å². The Balaban J connectivity index is 1.56. The van der Waals surface area contributed by atoms with E-state index in [2.05, 4.69) is 36.1 Å². The molecule has 33 heavy (non-hydrogen) atoms. The summed E-state index contributed by atoms with van der Waals surface area (Å²) < 4.78 is 5.41. The van der Waals surface area contributed by atoms with Gasteiger partial charge in [-0.05, 0) is 73.7 Å². The van der Waals surface area contributed by atoms with Crippen LogP contribution in [0.2, 0.25) is 0 Å². The summed E-state index contributed by atoms with van der Waals surface area (Å²) in [5.74, 6) is 0.591. The molecule has 175 valence electrons. The summed E-state index contributed by atoms with van der Waals surface area (Å²) in [6, 6.07) is 13.3. The molecule has 2 aliphatic heterocycles. The lowest BCUT2D eigenvalue weighted by molar-refractivity contribution is -0.132. The molecule has 0 bridgehead atoms. The number of aryl methyl sites for hydroxylation is 1. The Morgan fingerprint density at radius 1 is 1.24 bits per heavy atom. The van der Waals surface area contributed by atoms with Crippen molar-refractivity contribution in [3.05, 3.63) is 58.7 Å². The number of benzene rings is 2. The molecule has 0 spiro atoms. The number of likely N-dealkylation sites (tertiary alicyclic amines) is 2. The highest BCUT2D eigenvalue weighted by atomic mass is 16.5. The van der Waals surface area contributed by atoms with Gasteiger partial charge in [0.1, 0.15) is 11.8 Å². The number of nitrogens with zero attached hydrogens (tertiary/aromatic N) is 3. The first-order chi connectivity index (χ1) is 15.9. The van der Waals surface area contributed by atoms with Crippen LogP contribution >= 0.6 is 0 Å². The Kier molecular flexibility index (Phi) is 7.03. The summed E-state index contributed by atoms with van der Waals surface area (Å²) in [5.41, 5.74) is 5.57. The lowest BCUT2D eigenvalue weighted by atomic mass is 9.98. The van der Waals surface area contributed by atoms with E-state index >= 15 is 0 Å². The molecule has 2 amide bonds. The molecule has 2 fully saturated rings. The van der Waals surface area contributed by atoms with E-state index in [1.54, 1.807) is 31.0 Å². The molecule has 1 unspecified atom stereocenters. The first kappa shape index (κ1) is 23.3. The standard InChI is InChI=1S/C27H34N3O3/c1-19-15-20(7-8-22(19)18-30-13-5-6-14-30)16-21-9-10-23(33-4)17-25(21)29(3)27(32)24-11-12-26(31)28(24)2/h7-8,10,15,17,24H,5-6,11-14,16,18H2,1-4H3. The zero-order chi connectivity index (χ0) is 23.5. The Morgan fingerprint density at radius 2 is 2.00 bits per heavy atom. The summed E-state index contributed by atoms with van der Waals surface area (Å²) >= 11 is 0. The molecule has 2 saturated heterocycles. The third-order valence-electron chi connectivity index (χ3n) is 7.06. The minimum Gasteiger partial charge on any atom is -0.497 e. The van der Waals surface area contributed by atoms with Gasteiger partial charge in [0.2, 0.25) is 11.8 Å². The minimum absolute atomic E-state index is 0.0173. The van der Waals surface area contributed by atoms with Crippen LogP contribution in [0.4, 0.5) is 5.69 Å². The molecule has 1 radical (unpaired) electrons. The van der Waals surface area contributed by atoms with Crippen molar-refractivity contribution in [2.45, 2.75) is 51.6 Å². The number of rotatable bonds is 7. The maximum Gasteiger partial charge on any atom is 0.249 e. The van der Waals surface area contributed by atoms with Crippen molar-refractivity contribution >= 4 is 17.5 Å².